The third-order valence-electron chi connectivity index (χ3n) is 4.28. The van der Waals surface area contributed by atoms with Crippen LogP contribution in [-0.2, 0) is 7.05 Å². The number of pyridine rings is 1. The van der Waals surface area contributed by atoms with Crippen molar-refractivity contribution in [2.75, 3.05) is 0 Å². The van der Waals surface area contributed by atoms with Crippen LogP contribution in [0.3, 0.4) is 0 Å². The van der Waals surface area contributed by atoms with Crippen LogP contribution in [0.2, 0.25) is 0 Å². The van der Waals surface area contributed by atoms with Crippen molar-refractivity contribution >= 4 is 0 Å². The van der Waals surface area contributed by atoms with Gasteiger partial charge in [-0.1, -0.05) is 38.1 Å². The Hall–Kier alpha value is -2.24. The summed E-state index contributed by atoms with van der Waals surface area (Å²) in [6.45, 7) is 3.91. The first kappa shape index (κ1) is 19.1. The monoisotopic (exact) mass is 360 g/mol. The molecule has 132 valence electrons. The van der Waals surface area contributed by atoms with Gasteiger partial charge in [0.15, 0.2) is 6.04 Å². The van der Waals surface area contributed by atoms with Gasteiger partial charge in [-0.25, -0.2) is 4.98 Å². The molecule has 3 aromatic rings. The maximum absolute atomic E-state index is 14.2. The van der Waals surface area contributed by atoms with Gasteiger partial charge < -0.3 is 18.1 Å². The molecular weight excluding hydrogens is 339 g/mol. The van der Waals surface area contributed by atoms with Gasteiger partial charge in [0.05, 0.1) is 5.69 Å². The summed E-state index contributed by atoms with van der Waals surface area (Å²) in [6.07, 6.45) is 1.77. The van der Waals surface area contributed by atoms with Crippen LogP contribution < -0.4 is 18.1 Å². The van der Waals surface area contributed by atoms with Crippen LogP contribution in [0.25, 0.3) is 11.3 Å². The van der Waals surface area contributed by atoms with Gasteiger partial charge in [0.2, 0.25) is 5.95 Å². The second-order valence-corrected chi connectivity index (χ2v) is 6.29. The lowest BCUT2D eigenvalue weighted by atomic mass is 9.99. The van der Waals surface area contributed by atoms with Crippen molar-refractivity contribution in [3.63, 3.8) is 0 Å². The summed E-state index contributed by atoms with van der Waals surface area (Å²) in [6, 6.07) is 13.5. The molecule has 0 aliphatic heterocycles. The standard InChI is InChI=1S/C19H21FN4.ClH/c1-12(2)15-7-8-16(23-19(15)20)18(21)14-6-4-5-13(11-14)17-9-10-22-24(17)3;/h4-12,18H,21H2,1-3H3;1H/t18-;/m0./s1. The molecule has 0 spiro atoms. The molecule has 0 amide bonds. The lowest BCUT2D eigenvalue weighted by Gasteiger charge is -2.13. The number of benzene rings is 1. The van der Waals surface area contributed by atoms with Gasteiger partial charge in [-0.2, -0.15) is 9.49 Å². The van der Waals surface area contributed by atoms with Gasteiger partial charge in [-0.05, 0) is 24.1 Å². The van der Waals surface area contributed by atoms with Crippen LogP contribution in [-0.4, -0.2) is 14.8 Å². The minimum absolute atomic E-state index is 0. The molecule has 0 radical (unpaired) electrons. The molecule has 0 saturated heterocycles. The smallest absolute Gasteiger partial charge is 0.216 e. The Balaban J connectivity index is 0.00000225. The molecule has 0 bridgehead atoms. The second kappa shape index (κ2) is 7.76. The molecule has 1 atom stereocenters. The summed E-state index contributed by atoms with van der Waals surface area (Å²) in [4.78, 5) is 4.13. The van der Waals surface area contributed by atoms with E-state index in [9.17, 15) is 4.39 Å². The van der Waals surface area contributed by atoms with Gasteiger partial charge >= 0.3 is 0 Å². The third kappa shape index (κ3) is 3.89. The van der Waals surface area contributed by atoms with Crippen LogP contribution in [0.5, 0.6) is 0 Å². The fourth-order valence-electron chi connectivity index (χ4n) is 2.83. The summed E-state index contributed by atoms with van der Waals surface area (Å²) in [7, 11) is 1.91. The van der Waals surface area contributed by atoms with E-state index >= 15 is 0 Å². The van der Waals surface area contributed by atoms with Crippen LogP contribution in [0.1, 0.15) is 42.6 Å². The zero-order valence-corrected chi connectivity index (χ0v) is 15.3. The first-order valence-corrected chi connectivity index (χ1v) is 8.05. The Kier molecular flexibility index (Phi) is 5.93. The SMILES string of the molecule is CC(C)c1ccc([C@@H]([NH3+])c2cccc(-c3ccnn3C)c2)nc1F.[Cl-]. The molecule has 3 rings (SSSR count). The van der Waals surface area contributed by atoms with Crippen molar-refractivity contribution in [1.82, 2.24) is 14.8 Å². The Morgan fingerprint density at radius 1 is 1.12 bits per heavy atom. The summed E-state index contributed by atoms with van der Waals surface area (Å²) in [5.41, 5.74) is 8.54. The van der Waals surface area contributed by atoms with E-state index in [-0.39, 0.29) is 24.4 Å². The number of hydrogen-bond acceptors (Lipinski definition) is 2. The predicted octanol–water partition coefficient (Wildman–Crippen LogP) is 0.0799. The van der Waals surface area contributed by atoms with Crippen LogP contribution in [0.15, 0.2) is 48.7 Å². The Labute approximate surface area is 153 Å². The molecule has 0 fully saturated rings. The number of hydrogen-bond donors (Lipinski definition) is 1. The van der Waals surface area contributed by atoms with Gasteiger partial charge in [0.25, 0.3) is 0 Å². The van der Waals surface area contributed by atoms with Crippen LogP contribution in [0.4, 0.5) is 4.39 Å². The molecule has 0 aliphatic carbocycles. The molecule has 4 nitrogen and oxygen atoms in total. The number of halogens is 2. The Morgan fingerprint density at radius 2 is 1.88 bits per heavy atom. The summed E-state index contributed by atoms with van der Waals surface area (Å²) >= 11 is 0. The highest BCUT2D eigenvalue weighted by Crippen LogP contribution is 2.25. The molecule has 0 aliphatic rings. The minimum Gasteiger partial charge on any atom is -1.00 e. The van der Waals surface area contributed by atoms with E-state index in [2.05, 4.69) is 21.9 Å². The van der Waals surface area contributed by atoms with Crippen LogP contribution in [0, 0.1) is 5.95 Å². The average Bonchev–Trinajstić information content (AvgIpc) is 3.00. The van der Waals surface area contributed by atoms with E-state index in [4.69, 9.17) is 0 Å². The van der Waals surface area contributed by atoms with Crippen molar-refractivity contribution in [3.8, 4) is 11.3 Å². The topological polar surface area (TPSA) is 58.4 Å². The van der Waals surface area contributed by atoms with E-state index in [0.717, 1.165) is 16.8 Å². The van der Waals surface area contributed by atoms with E-state index in [1.54, 1.807) is 6.20 Å². The highest BCUT2D eigenvalue weighted by atomic mass is 35.5. The fraction of sp³-hybridized carbons (Fsp3) is 0.263. The molecule has 2 heterocycles. The first-order chi connectivity index (χ1) is 11.5. The number of quaternary nitrogens is 1. The largest absolute Gasteiger partial charge is 1.00 e. The highest BCUT2D eigenvalue weighted by molar-refractivity contribution is 5.60. The molecule has 3 N–H and O–H groups in total. The summed E-state index contributed by atoms with van der Waals surface area (Å²) < 4.78 is 16.0. The minimum atomic E-state index is -0.404. The van der Waals surface area contributed by atoms with E-state index in [0.29, 0.717) is 11.3 Å². The third-order valence-corrected chi connectivity index (χ3v) is 4.28. The van der Waals surface area contributed by atoms with Gasteiger partial charge in [0, 0.05) is 29.9 Å². The van der Waals surface area contributed by atoms with E-state index in [1.165, 1.54) is 0 Å². The second-order valence-electron chi connectivity index (χ2n) is 6.29. The van der Waals surface area contributed by atoms with Gasteiger partial charge in [0.1, 0.15) is 5.69 Å². The average molecular weight is 361 g/mol. The molecule has 1 aromatic carbocycles. The lowest BCUT2D eigenvalue weighted by molar-refractivity contribution is -0.412. The fourth-order valence-corrected chi connectivity index (χ4v) is 2.83. The van der Waals surface area contributed by atoms with E-state index < -0.39 is 5.95 Å². The molecule has 6 heteroatoms. The van der Waals surface area contributed by atoms with Crippen LogP contribution >= 0.6 is 0 Å². The molecule has 2 aromatic heterocycles. The summed E-state index contributed by atoms with van der Waals surface area (Å²) in [5, 5.41) is 4.20. The number of nitrogens with zero attached hydrogens (tertiary/aromatic N) is 3. The highest BCUT2D eigenvalue weighted by Gasteiger charge is 2.18. The maximum Gasteiger partial charge on any atom is 0.216 e. The molecular formula is C19H22ClFN4. The predicted molar refractivity (Wildman–Crippen MR) is 91.7 cm³/mol. The van der Waals surface area contributed by atoms with Crippen molar-refractivity contribution < 1.29 is 22.5 Å². The number of rotatable bonds is 4. The van der Waals surface area contributed by atoms with Gasteiger partial charge in [-0.15, -0.1) is 0 Å². The van der Waals surface area contributed by atoms with Crippen molar-refractivity contribution in [2.45, 2.75) is 25.8 Å². The molecule has 0 unspecified atom stereocenters. The Morgan fingerprint density at radius 3 is 2.48 bits per heavy atom. The number of aromatic nitrogens is 3. The zero-order valence-electron chi connectivity index (χ0n) is 14.6. The Bertz CT molecular complexity index is 860. The van der Waals surface area contributed by atoms with Gasteiger partial charge in [-0.3, -0.25) is 4.68 Å². The lowest BCUT2D eigenvalue weighted by Crippen LogP contribution is -3.00. The van der Waals surface area contributed by atoms with E-state index in [1.807, 2.05) is 62.0 Å². The quantitative estimate of drug-likeness (QED) is 0.670. The first-order valence-electron chi connectivity index (χ1n) is 8.05. The molecule has 25 heavy (non-hydrogen) atoms. The zero-order chi connectivity index (χ0) is 17.3. The number of aryl methyl sites for hydroxylation is 1. The maximum atomic E-state index is 14.2. The van der Waals surface area contributed by atoms with Crippen molar-refractivity contribution in [3.05, 3.63) is 71.4 Å². The molecule has 0 saturated carbocycles. The van der Waals surface area contributed by atoms with Crippen molar-refractivity contribution in [1.29, 1.82) is 0 Å². The van der Waals surface area contributed by atoms with Crippen molar-refractivity contribution in [2.24, 2.45) is 7.05 Å². The summed E-state index contributed by atoms with van der Waals surface area (Å²) in [5.74, 6) is -0.290. The normalized spacial score (nSPS) is 12.1.